The van der Waals surface area contributed by atoms with Gasteiger partial charge in [0, 0.05) is 12.1 Å². The van der Waals surface area contributed by atoms with E-state index in [-0.39, 0.29) is 6.61 Å². The summed E-state index contributed by atoms with van der Waals surface area (Å²) in [4.78, 5) is 13.3. The lowest BCUT2D eigenvalue weighted by molar-refractivity contribution is -0.140. The third kappa shape index (κ3) is 36.9. The minimum atomic E-state index is -0.412. The minimum absolute atomic E-state index is 0.200. The van der Waals surface area contributed by atoms with E-state index < -0.39 is 5.97 Å². The molecule has 0 amide bonds. The second-order valence-electron chi connectivity index (χ2n) is 9.46. The fourth-order valence-corrected chi connectivity index (χ4v) is 2.86. The fourth-order valence-electron chi connectivity index (χ4n) is 2.86. The molecule has 0 unspecified atom stereocenters. The van der Waals surface area contributed by atoms with E-state index in [1.807, 2.05) is 14.1 Å². The van der Waals surface area contributed by atoms with E-state index >= 15 is 0 Å². The van der Waals surface area contributed by atoms with E-state index in [1.165, 1.54) is 0 Å². The number of likely N-dealkylation sites (N-methyl/N-ethyl adjacent to an activating group) is 1. The maximum absolute atomic E-state index is 11.2. The summed E-state index contributed by atoms with van der Waals surface area (Å²) in [6, 6.07) is 0. The van der Waals surface area contributed by atoms with Crippen molar-refractivity contribution in [3.05, 3.63) is 12.2 Å². The maximum atomic E-state index is 11.2. The maximum Gasteiger partial charge on any atom is 0.333 e. The Morgan fingerprint density at radius 1 is 0.409 bits per heavy atom. The summed E-state index contributed by atoms with van der Waals surface area (Å²) in [7, 11) is 4.03. The minimum Gasteiger partial charge on any atom is -0.460 e. The van der Waals surface area contributed by atoms with Crippen molar-refractivity contribution in [3.8, 4) is 0 Å². The predicted molar refractivity (Wildman–Crippen MR) is 163 cm³/mol. The van der Waals surface area contributed by atoms with Gasteiger partial charge in [-0.3, -0.25) is 0 Å². The van der Waals surface area contributed by atoms with Crippen LogP contribution in [0.5, 0.6) is 0 Å². The molecule has 0 N–H and O–H groups in total. The average molecular weight is 642 g/mol. The highest BCUT2D eigenvalue weighted by molar-refractivity contribution is 5.86. The van der Waals surface area contributed by atoms with Gasteiger partial charge in [-0.1, -0.05) is 6.58 Å². The highest BCUT2D eigenvalue weighted by Gasteiger charge is 2.02. The van der Waals surface area contributed by atoms with Crippen LogP contribution >= 0.6 is 0 Å². The van der Waals surface area contributed by atoms with E-state index in [2.05, 4.69) is 11.5 Å². The molecule has 0 aromatic rings. The van der Waals surface area contributed by atoms with Crippen molar-refractivity contribution in [1.29, 1.82) is 0 Å². The van der Waals surface area contributed by atoms with Gasteiger partial charge in [-0.25, -0.2) is 4.79 Å². The van der Waals surface area contributed by atoms with Gasteiger partial charge in [0.25, 0.3) is 0 Å². The number of carbonyl (C=O) groups excluding carboxylic acids is 1. The number of nitrogens with zero attached hydrogens (tertiary/aromatic N) is 1. The van der Waals surface area contributed by atoms with Crippen LogP contribution in [-0.2, 0) is 61.6 Å². The summed E-state index contributed by atoms with van der Waals surface area (Å²) < 4.78 is 64.7. The summed E-state index contributed by atoms with van der Waals surface area (Å²) in [6.45, 7) is 17.4. The summed E-state index contributed by atoms with van der Waals surface area (Å²) >= 11 is 0. The van der Waals surface area contributed by atoms with Gasteiger partial charge >= 0.3 is 5.97 Å². The zero-order valence-corrected chi connectivity index (χ0v) is 27.4. The molecule has 0 rings (SSSR count). The molecular formula is C30H59NO13. The number of hydrogen-bond acceptors (Lipinski definition) is 14. The molecule has 0 aromatic carbocycles. The SMILES string of the molecule is C=C(C)C(=O)OCCOCCOCCOCCOCCOCCOCCOCCOCCOCCOCCOCCN(C)C. The molecule has 0 saturated carbocycles. The highest BCUT2D eigenvalue weighted by atomic mass is 16.6. The first-order chi connectivity index (χ1) is 21.5. The number of carbonyl (C=O) groups is 1. The number of hydrogen-bond donors (Lipinski definition) is 0. The van der Waals surface area contributed by atoms with Gasteiger partial charge in [0.15, 0.2) is 0 Å². The largest absolute Gasteiger partial charge is 0.460 e. The van der Waals surface area contributed by atoms with Crippen LogP contribution in [0.1, 0.15) is 6.92 Å². The van der Waals surface area contributed by atoms with E-state index in [4.69, 9.17) is 56.8 Å². The molecule has 0 aliphatic carbocycles. The Hall–Kier alpha value is -1.27. The molecule has 0 saturated heterocycles. The molecule has 0 atom stereocenters. The van der Waals surface area contributed by atoms with Crippen LogP contribution in [0.2, 0.25) is 0 Å². The monoisotopic (exact) mass is 641 g/mol. The lowest BCUT2D eigenvalue weighted by atomic mass is 10.4. The zero-order chi connectivity index (χ0) is 32.2. The molecule has 0 aliphatic heterocycles. The second-order valence-corrected chi connectivity index (χ2v) is 9.46. The van der Waals surface area contributed by atoms with E-state index in [1.54, 1.807) is 6.92 Å². The second kappa shape index (κ2) is 36.2. The van der Waals surface area contributed by atoms with Gasteiger partial charge in [0.1, 0.15) is 6.61 Å². The smallest absolute Gasteiger partial charge is 0.333 e. The van der Waals surface area contributed by atoms with Crippen LogP contribution < -0.4 is 0 Å². The molecular weight excluding hydrogens is 582 g/mol. The third-order valence-electron chi connectivity index (χ3n) is 5.21. The Balaban J connectivity index is 3.07. The van der Waals surface area contributed by atoms with Gasteiger partial charge < -0.3 is 61.7 Å². The van der Waals surface area contributed by atoms with Crippen molar-refractivity contribution in [2.75, 3.05) is 173 Å². The molecule has 14 nitrogen and oxygen atoms in total. The fraction of sp³-hybridized carbons (Fsp3) is 0.900. The molecule has 14 heteroatoms. The van der Waals surface area contributed by atoms with Crippen molar-refractivity contribution < 1.29 is 61.6 Å². The molecule has 0 spiro atoms. The Morgan fingerprint density at radius 2 is 0.614 bits per heavy atom. The number of esters is 1. The number of ether oxygens (including phenoxy) is 12. The van der Waals surface area contributed by atoms with Gasteiger partial charge in [-0.15, -0.1) is 0 Å². The molecule has 262 valence electrons. The van der Waals surface area contributed by atoms with Crippen molar-refractivity contribution in [1.82, 2.24) is 4.90 Å². The van der Waals surface area contributed by atoms with Gasteiger partial charge in [-0.2, -0.15) is 0 Å². The molecule has 0 heterocycles. The van der Waals surface area contributed by atoms with E-state index in [9.17, 15) is 4.79 Å². The van der Waals surface area contributed by atoms with Crippen molar-refractivity contribution in [2.45, 2.75) is 6.92 Å². The molecule has 44 heavy (non-hydrogen) atoms. The average Bonchev–Trinajstić information content (AvgIpc) is 3.00. The third-order valence-corrected chi connectivity index (χ3v) is 5.21. The van der Waals surface area contributed by atoms with E-state index in [0.717, 1.165) is 6.54 Å². The topological polar surface area (TPSA) is 131 Å². The molecule has 0 aromatic heterocycles. The summed E-state index contributed by atoms with van der Waals surface area (Å²) in [5, 5.41) is 0. The van der Waals surface area contributed by atoms with Crippen molar-refractivity contribution >= 4 is 5.97 Å². The quantitative estimate of drug-likeness (QED) is 0.0540. The highest BCUT2D eigenvalue weighted by Crippen LogP contribution is 1.92. The zero-order valence-electron chi connectivity index (χ0n) is 27.4. The van der Waals surface area contributed by atoms with Crippen molar-refractivity contribution in [2.24, 2.45) is 0 Å². The number of rotatable bonds is 37. The first kappa shape index (κ1) is 42.7. The molecule has 0 radical (unpaired) electrons. The molecule has 0 fully saturated rings. The Labute approximate surface area is 264 Å². The summed E-state index contributed by atoms with van der Waals surface area (Å²) in [5.74, 6) is -0.412. The first-order valence-corrected chi connectivity index (χ1v) is 15.4. The lowest BCUT2D eigenvalue weighted by Crippen LogP contribution is -2.19. The van der Waals surface area contributed by atoms with Gasteiger partial charge in [-0.05, 0) is 21.0 Å². The van der Waals surface area contributed by atoms with E-state index in [0.29, 0.717) is 151 Å². The van der Waals surface area contributed by atoms with Crippen LogP contribution in [0.4, 0.5) is 0 Å². The summed E-state index contributed by atoms with van der Waals surface area (Å²) in [6.07, 6.45) is 0. The van der Waals surface area contributed by atoms with Crippen LogP contribution in [0.15, 0.2) is 12.2 Å². The lowest BCUT2D eigenvalue weighted by Gasteiger charge is -2.10. The first-order valence-electron chi connectivity index (χ1n) is 15.4. The van der Waals surface area contributed by atoms with Crippen LogP contribution in [-0.4, -0.2) is 183 Å². The molecule has 0 bridgehead atoms. The van der Waals surface area contributed by atoms with Crippen LogP contribution in [0, 0.1) is 0 Å². The molecule has 0 aliphatic rings. The van der Waals surface area contributed by atoms with Crippen molar-refractivity contribution in [3.63, 3.8) is 0 Å². The van der Waals surface area contributed by atoms with Crippen LogP contribution in [0.3, 0.4) is 0 Å². The predicted octanol–water partition coefficient (Wildman–Crippen LogP) is 0.850. The van der Waals surface area contributed by atoms with Gasteiger partial charge in [0.05, 0.1) is 145 Å². The Kier molecular flexibility index (Phi) is 35.2. The van der Waals surface area contributed by atoms with Crippen LogP contribution in [0.25, 0.3) is 0 Å². The summed E-state index contributed by atoms with van der Waals surface area (Å²) in [5.41, 5.74) is 0.370. The van der Waals surface area contributed by atoms with Gasteiger partial charge in [0.2, 0.25) is 0 Å². The Morgan fingerprint density at radius 3 is 0.818 bits per heavy atom. The normalized spacial score (nSPS) is 11.5. The Bertz CT molecular complexity index is 613. The standard InChI is InChI=1S/C30H59NO13/c1-29(2)30(32)44-28-27-43-26-25-42-24-23-41-22-21-40-20-19-39-18-17-38-16-15-37-14-13-36-12-11-35-10-9-34-8-7-33-6-5-31(3)4/h1,5-28H2,2-4H3.